The number of piperidine rings is 1. The number of rotatable bonds is 2. The average molecular weight is 360 g/mol. The highest BCUT2D eigenvalue weighted by molar-refractivity contribution is 5.91. The average Bonchev–Trinajstić information content (AvgIpc) is 3.37. The molecule has 136 valence electrons. The zero-order chi connectivity index (χ0) is 18.3. The number of oxazole rings is 1. The maximum absolute atomic E-state index is 12.8. The van der Waals surface area contributed by atoms with Crippen molar-refractivity contribution < 1.29 is 9.21 Å². The molecule has 1 aromatic carbocycles. The molecule has 1 amide bonds. The van der Waals surface area contributed by atoms with Gasteiger partial charge in [0.15, 0.2) is 12.2 Å². The molecular formula is C21H20N4O2. The lowest BCUT2D eigenvalue weighted by molar-refractivity contribution is 0.0602. The molecular weight excluding hydrogens is 340 g/mol. The van der Waals surface area contributed by atoms with E-state index in [4.69, 9.17) is 9.40 Å². The number of nitrogens with zero attached hydrogens (tertiary/aromatic N) is 4. The van der Waals surface area contributed by atoms with E-state index in [0.29, 0.717) is 12.3 Å². The standard InChI is InChI=1S/C21H20N4O2/c26-20(17-12-22-14-27-17)25-10-4-8-21(13-25)9-7-16-11-23-19(24-18(16)21)15-5-2-1-3-6-15/h1-3,5-6,11-12,14H,4,7-10,13H2. The van der Waals surface area contributed by atoms with Crippen molar-refractivity contribution in [2.24, 2.45) is 0 Å². The number of carbonyl (C=O) groups is 1. The summed E-state index contributed by atoms with van der Waals surface area (Å²) in [6.45, 7) is 1.41. The monoisotopic (exact) mass is 360 g/mol. The van der Waals surface area contributed by atoms with Crippen molar-refractivity contribution >= 4 is 5.91 Å². The minimum atomic E-state index is -0.0876. The second kappa shape index (κ2) is 6.30. The maximum atomic E-state index is 12.8. The van der Waals surface area contributed by atoms with Crippen LogP contribution >= 0.6 is 0 Å². The van der Waals surface area contributed by atoms with E-state index in [1.165, 1.54) is 18.2 Å². The number of carbonyl (C=O) groups excluding carboxylic acids is 1. The van der Waals surface area contributed by atoms with Gasteiger partial charge in [0.25, 0.3) is 5.91 Å². The first kappa shape index (κ1) is 16.2. The minimum Gasteiger partial charge on any atom is -0.438 e. The molecule has 2 aliphatic rings. The first-order chi connectivity index (χ1) is 13.3. The minimum absolute atomic E-state index is 0.0858. The van der Waals surface area contributed by atoms with Crippen molar-refractivity contribution in [1.29, 1.82) is 0 Å². The van der Waals surface area contributed by atoms with Gasteiger partial charge in [-0.25, -0.2) is 15.0 Å². The van der Waals surface area contributed by atoms with E-state index in [0.717, 1.165) is 49.3 Å². The van der Waals surface area contributed by atoms with Crippen LogP contribution < -0.4 is 0 Å². The Morgan fingerprint density at radius 1 is 1.15 bits per heavy atom. The lowest BCUT2D eigenvalue weighted by atomic mass is 9.77. The molecule has 1 saturated heterocycles. The number of hydrogen-bond donors (Lipinski definition) is 0. The van der Waals surface area contributed by atoms with Gasteiger partial charge in [0, 0.05) is 30.3 Å². The predicted octanol–water partition coefficient (Wildman–Crippen LogP) is 3.25. The van der Waals surface area contributed by atoms with Gasteiger partial charge in [-0.2, -0.15) is 0 Å². The molecule has 3 aromatic rings. The van der Waals surface area contributed by atoms with Crippen LogP contribution in [-0.4, -0.2) is 38.8 Å². The van der Waals surface area contributed by atoms with Crippen LogP contribution in [0.4, 0.5) is 0 Å². The Labute approximate surface area is 157 Å². The summed E-state index contributed by atoms with van der Waals surface area (Å²) in [5.74, 6) is 0.976. The first-order valence-electron chi connectivity index (χ1n) is 9.35. The Kier molecular flexibility index (Phi) is 3.77. The highest BCUT2D eigenvalue weighted by Crippen LogP contribution is 2.44. The molecule has 1 aliphatic heterocycles. The van der Waals surface area contributed by atoms with Crippen molar-refractivity contribution in [3.8, 4) is 11.4 Å². The molecule has 6 heteroatoms. The molecule has 1 atom stereocenters. The van der Waals surface area contributed by atoms with E-state index in [2.05, 4.69) is 9.97 Å². The van der Waals surface area contributed by atoms with Gasteiger partial charge in [0.2, 0.25) is 5.76 Å². The molecule has 1 spiro atoms. The highest BCUT2D eigenvalue weighted by atomic mass is 16.3. The SMILES string of the molecule is O=C(c1cnco1)N1CCCC2(CCc3cnc(-c4ccccc4)nc32)C1. The smallest absolute Gasteiger partial charge is 0.291 e. The van der Waals surface area contributed by atoms with E-state index >= 15 is 0 Å². The summed E-state index contributed by atoms with van der Waals surface area (Å²) in [5.41, 5.74) is 3.26. The Morgan fingerprint density at radius 3 is 2.85 bits per heavy atom. The van der Waals surface area contributed by atoms with Gasteiger partial charge in [-0.05, 0) is 31.2 Å². The quantitative estimate of drug-likeness (QED) is 0.701. The van der Waals surface area contributed by atoms with E-state index in [9.17, 15) is 4.79 Å². The third kappa shape index (κ3) is 2.72. The van der Waals surface area contributed by atoms with Crippen LogP contribution in [0, 0.1) is 0 Å². The van der Waals surface area contributed by atoms with Gasteiger partial charge in [0.05, 0.1) is 11.9 Å². The zero-order valence-electron chi connectivity index (χ0n) is 15.0. The number of fused-ring (bicyclic) bond motifs is 2. The number of aryl methyl sites for hydroxylation is 1. The number of benzene rings is 1. The Balaban J connectivity index is 1.49. The van der Waals surface area contributed by atoms with E-state index in [1.807, 2.05) is 41.4 Å². The number of amides is 1. The molecule has 0 N–H and O–H groups in total. The predicted molar refractivity (Wildman–Crippen MR) is 99.1 cm³/mol. The third-order valence-electron chi connectivity index (χ3n) is 5.78. The molecule has 1 fully saturated rings. The first-order valence-corrected chi connectivity index (χ1v) is 9.35. The van der Waals surface area contributed by atoms with Crippen LogP contribution in [0.1, 0.15) is 41.1 Å². The van der Waals surface area contributed by atoms with Crippen molar-refractivity contribution in [3.05, 3.63) is 66.1 Å². The van der Waals surface area contributed by atoms with Crippen molar-refractivity contribution in [3.63, 3.8) is 0 Å². The summed E-state index contributed by atoms with van der Waals surface area (Å²) in [6.07, 6.45) is 8.75. The molecule has 0 saturated carbocycles. The van der Waals surface area contributed by atoms with Gasteiger partial charge in [-0.3, -0.25) is 4.79 Å². The Morgan fingerprint density at radius 2 is 2.04 bits per heavy atom. The van der Waals surface area contributed by atoms with Crippen molar-refractivity contribution in [2.75, 3.05) is 13.1 Å². The normalized spacial score (nSPS) is 21.4. The number of aromatic nitrogens is 3. The van der Waals surface area contributed by atoms with Crippen LogP contribution in [0.25, 0.3) is 11.4 Å². The molecule has 0 bridgehead atoms. The number of likely N-dealkylation sites (tertiary alicyclic amines) is 1. The van der Waals surface area contributed by atoms with Gasteiger partial charge in [-0.1, -0.05) is 30.3 Å². The second-order valence-corrected chi connectivity index (χ2v) is 7.41. The summed E-state index contributed by atoms with van der Waals surface area (Å²) in [6, 6.07) is 10.1. The van der Waals surface area contributed by atoms with Crippen LogP contribution in [-0.2, 0) is 11.8 Å². The van der Waals surface area contributed by atoms with Crippen LogP contribution in [0.3, 0.4) is 0 Å². The molecule has 0 radical (unpaired) electrons. The summed E-state index contributed by atoms with van der Waals surface area (Å²) >= 11 is 0. The molecule has 5 rings (SSSR count). The van der Waals surface area contributed by atoms with E-state index in [-0.39, 0.29) is 11.3 Å². The van der Waals surface area contributed by atoms with Crippen LogP contribution in [0.15, 0.2) is 53.5 Å². The Bertz CT molecular complexity index is 967. The third-order valence-corrected chi connectivity index (χ3v) is 5.78. The van der Waals surface area contributed by atoms with Crippen molar-refractivity contribution in [1.82, 2.24) is 19.9 Å². The van der Waals surface area contributed by atoms with Crippen molar-refractivity contribution in [2.45, 2.75) is 31.1 Å². The second-order valence-electron chi connectivity index (χ2n) is 7.41. The number of hydrogen-bond acceptors (Lipinski definition) is 5. The van der Waals surface area contributed by atoms with Gasteiger partial charge < -0.3 is 9.32 Å². The lowest BCUT2D eigenvalue weighted by Gasteiger charge is -2.40. The molecule has 1 aliphatic carbocycles. The topological polar surface area (TPSA) is 72.1 Å². The molecule has 1 unspecified atom stereocenters. The summed E-state index contributed by atoms with van der Waals surface area (Å²) in [5, 5.41) is 0. The van der Waals surface area contributed by atoms with Gasteiger partial charge in [-0.15, -0.1) is 0 Å². The molecule has 3 heterocycles. The fourth-order valence-corrected chi connectivity index (χ4v) is 4.45. The summed E-state index contributed by atoms with van der Waals surface area (Å²) < 4.78 is 5.22. The summed E-state index contributed by atoms with van der Waals surface area (Å²) in [7, 11) is 0. The molecule has 6 nitrogen and oxygen atoms in total. The zero-order valence-corrected chi connectivity index (χ0v) is 15.0. The highest BCUT2D eigenvalue weighted by Gasteiger charge is 2.45. The molecule has 27 heavy (non-hydrogen) atoms. The van der Waals surface area contributed by atoms with Gasteiger partial charge >= 0.3 is 0 Å². The largest absolute Gasteiger partial charge is 0.438 e. The maximum Gasteiger partial charge on any atom is 0.291 e. The van der Waals surface area contributed by atoms with Crippen LogP contribution in [0.5, 0.6) is 0 Å². The summed E-state index contributed by atoms with van der Waals surface area (Å²) in [4.78, 5) is 28.1. The van der Waals surface area contributed by atoms with Gasteiger partial charge in [0.1, 0.15) is 0 Å². The fraction of sp³-hybridized carbons (Fsp3) is 0.333. The Hall–Kier alpha value is -3.02. The van der Waals surface area contributed by atoms with E-state index < -0.39 is 0 Å². The molecule has 2 aromatic heterocycles. The van der Waals surface area contributed by atoms with E-state index in [1.54, 1.807) is 0 Å². The fourth-order valence-electron chi connectivity index (χ4n) is 4.45. The lowest BCUT2D eigenvalue weighted by Crippen LogP contribution is -2.47. The van der Waals surface area contributed by atoms with Crippen LogP contribution in [0.2, 0.25) is 0 Å².